The molecule has 0 aliphatic rings. The highest BCUT2D eigenvalue weighted by Crippen LogP contribution is 2.21. The molecule has 0 amide bonds. The molecule has 0 saturated heterocycles. The van der Waals surface area contributed by atoms with E-state index < -0.39 is 5.97 Å². The van der Waals surface area contributed by atoms with Crippen LogP contribution in [-0.2, 0) is 4.79 Å². The fraction of sp³-hybridized carbons (Fsp3) is 0.462. The molecule has 0 saturated carbocycles. The van der Waals surface area contributed by atoms with Gasteiger partial charge in [0.15, 0.2) is 0 Å². The van der Waals surface area contributed by atoms with Crippen molar-refractivity contribution in [2.24, 2.45) is 5.92 Å². The molecular weight excluding hydrogens is 220 g/mol. The lowest BCUT2D eigenvalue weighted by Gasteiger charge is -2.08. The third-order valence-electron chi connectivity index (χ3n) is 2.60. The number of thioether (sulfide) groups is 1. The standard InChI is InChI=1S/C13H18O2S/c1-3-11(13(14)15)8-9-16-12-6-4-10(2)5-7-12/h4-7,11H,3,8-9H2,1-2H3,(H,14,15). The van der Waals surface area contributed by atoms with E-state index >= 15 is 0 Å². The van der Waals surface area contributed by atoms with Gasteiger partial charge in [0.25, 0.3) is 0 Å². The Bertz CT molecular complexity index is 332. The van der Waals surface area contributed by atoms with E-state index in [1.165, 1.54) is 10.5 Å². The summed E-state index contributed by atoms with van der Waals surface area (Å²) in [5.41, 5.74) is 1.25. The highest BCUT2D eigenvalue weighted by molar-refractivity contribution is 7.99. The van der Waals surface area contributed by atoms with Crippen molar-refractivity contribution in [2.75, 3.05) is 5.75 Å². The molecule has 0 spiro atoms. The monoisotopic (exact) mass is 238 g/mol. The van der Waals surface area contributed by atoms with Crippen LogP contribution in [0.2, 0.25) is 0 Å². The number of benzene rings is 1. The molecule has 0 aromatic heterocycles. The van der Waals surface area contributed by atoms with E-state index in [-0.39, 0.29) is 5.92 Å². The fourth-order valence-corrected chi connectivity index (χ4v) is 2.42. The molecule has 2 nitrogen and oxygen atoms in total. The largest absolute Gasteiger partial charge is 0.481 e. The van der Waals surface area contributed by atoms with Gasteiger partial charge in [-0.25, -0.2) is 0 Å². The first-order chi connectivity index (χ1) is 7.63. The van der Waals surface area contributed by atoms with Crippen molar-refractivity contribution in [2.45, 2.75) is 31.6 Å². The van der Waals surface area contributed by atoms with Crippen LogP contribution in [0.1, 0.15) is 25.3 Å². The Morgan fingerprint density at radius 1 is 1.38 bits per heavy atom. The zero-order valence-electron chi connectivity index (χ0n) is 9.77. The van der Waals surface area contributed by atoms with Gasteiger partial charge in [-0.3, -0.25) is 4.79 Å². The Morgan fingerprint density at radius 3 is 2.50 bits per heavy atom. The third-order valence-corrected chi connectivity index (χ3v) is 3.64. The van der Waals surface area contributed by atoms with Crippen molar-refractivity contribution >= 4 is 17.7 Å². The lowest BCUT2D eigenvalue weighted by molar-refractivity contribution is -0.141. The van der Waals surface area contributed by atoms with E-state index in [0.29, 0.717) is 6.42 Å². The topological polar surface area (TPSA) is 37.3 Å². The van der Waals surface area contributed by atoms with Crippen LogP contribution in [0.4, 0.5) is 0 Å². The Kier molecular flexibility index (Phi) is 5.39. The number of aryl methyl sites for hydroxylation is 1. The zero-order valence-corrected chi connectivity index (χ0v) is 10.6. The minimum Gasteiger partial charge on any atom is -0.481 e. The van der Waals surface area contributed by atoms with Crippen LogP contribution in [0.3, 0.4) is 0 Å². The molecule has 0 radical (unpaired) electrons. The summed E-state index contributed by atoms with van der Waals surface area (Å²) in [5, 5.41) is 8.90. The molecule has 0 bridgehead atoms. The second-order valence-corrected chi connectivity index (χ2v) is 5.06. The number of rotatable bonds is 6. The molecule has 1 atom stereocenters. The molecule has 1 aromatic carbocycles. The first-order valence-electron chi connectivity index (χ1n) is 5.55. The third kappa shape index (κ3) is 4.27. The van der Waals surface area contributed by atoms with Gasteiger partial charge in [0, 0.05) is 4.90 Å². The lowest BCUT2D eigenvalue weighted by Crippen LogP contribution is -2.13. The lowest BCUT2D eigenvalue weighted by atomic mass is 10.0. The summed E-state index contributed by atoms with van der Waals surface area (Å²) in [7, 11) is 0. The molecule has 1 N–H and O–H groups in total. The summed E-state index contributed by atoms with van der Waals surface area (Å²) in [6.07, 6.45) is 1.45. The number of carboxylic acid groups (broad SMARTS) is 1. The van der Waals surface area contributed by atoms with E-state index in [1.807, 2.05) is 6.92 Å². The van der Waals surface area contributed by atoms with Crippen LogP contribution in [0, 0.1) is 12.8 Å². The number of carbonyl (C=O) groups is 1. The maximum atomic E-state index is 10.8. The fourth-order valence-electron chi connectivity index (χ4n) is 1.46. The van der Waals surface area contributed by atoms with Gasteiger partial charge in [-0.05, 0) is 37.7 Å². The molecule has 16 heavy (non-hydrogen) atoms. The van der Waals surface area contributed by atoms with E-state index in [2.05, 4.69) is 31.2 Å². The molecule has 0 heterocycles. The first kappa shape index (κ1) is 13.1. The number of hydrogen-bond acceptors (Lipinski definition) is 2. The van der Waals surface area contributed by atoms with Crippen molar-refractivity contribution in [1.29, 1.82) is 0 Å². The van der Waals surface area contributed by atoms with Gasteiger partial charge < -0.3 is 5.11 Å². The summed E-state index contributed by atoms with van der Waals surface area (Å²) in [4.78, 5) is 12.0. The number of carboxylic acids is 1. The van der Waals surface area contributed by atoms with Crippen LogP contribution in [0.5, 0.6) is 0 Å². The van der Waals surface area contributed by atoms with Crippen molar-refractivity contribution in [3.8, 4) is 0 Å². The molecule has 1 aromatic rings. The Labute approximate surface area is 101 Å². The first-order valence-corrected chi connectivity index (χ1v) is 6.54. The smallest absolute Gasteiger partial charge is 0.306 e. The molecule has 88 valence electrons. The molecule has 0 aliphatic carbocycles. The summed E-state index contributed by atoms with van der Waals surface area (Å²) in [6.45, 7) is 3.99. The Balaban J connectivity index is 2.35. The maximum absolute atomic E-state index is 10.8. The molecule has 0 fully saturated rings. The predicted octanol–water partition coefficient (Wildman–Crippen LogP) is 3.59. The summed E-state index contributed by atoms with van der Waals surface area (Å²) in [5.74, 6) is -0.00150. The summed E-state index contributed by atoms with van der Waals surface area (Å²) in [6, 6.07) is 8.33. The van der Waals surface area contributed by atoms with Crippen molar-refractivity contribution in [1.82, 2.24) is 0 Å². The Morgan fingerprint density at radius 2 is 2.00 bits per heavy atom. The highest BCUT2D eigenvalue weighted by Gasteiger charge is 2.14. The molecular formula is C13H18O2S. The Hall–Kier alpha value is -0.960. The molecule has 0 aliphatic heterocycles. The highest BCUT2D eigenvalue weighted by atomic mass is 32.2. The van der Waals surface area contributed by atoms with Gasteiger partial charge in [0.05, 0.1) is 5.92 Å². The van der Waals surface area contributed by atoms with Crippen molar-refractivity contribution in [3.05, 3.63) is 29.8 Å². The SMILES string of the molecule is CCC(CCSc1ccc(C)cc1)C(=O)O. The van der Waals surface area contributed by atoms with Crippen LogP contribution in [-0.4, -0.2) is 16.8 Å². The van der Waals surface area contributed by atoms with Crippen LogP contribution in [0.15, 0.2) is 29.2 Å². The second kappa shape index (κ2) is 6.59. The van der Waals surface area contributed by atoms with Crippen LogP contribution in [0.25, 0.3) is 0 Å². The van der Waals surface area contributed by atoms with E-state index in [1.54, 1.807) is 11.8 Å². The molecule has 1 unspecified atom stereocenters. The second-order valence-electron chi connectivity index (χ2n) is 3.89. The summed E-state index contributed by atoms with van der Waals surface area (Å²) >= 11 is 1.73. The quantitative estimate of drug-likeness (QED) is 0.770. The van der Waals surface area contributed by atoms with E-state index in [4.69, 9.17) is 5.11 Å². The van der Waals surface area contributed by atoms with Gasteiger partial charge in [-0.15, -0.1) is 11.8 Å². The van der Waals surface area contributed by atoms with Gasteiger partial charge in [-0.1, -0.05) is 24.6 Å². The van der Waals surface area contributed by atoms with Gasteiger partial charge in [0.1, 0.15) is 0 Å². The summed E-state index contributed by atoms with van der Waals surface area (Å²) < 4.78 is 0. The molecule has 3 heteroatoms. The maximum Gasteiger partial charge on any atom is 0.306 e. The zero-order chi connectivity index (χ0) is 12.0. The van der Waals surface area contributed by atoms with E-state index in [0.717, 1.165) is 12.2 Å². The van der Waals surface area contributed by atoms with E-state index in [9.17, 15) is 4.79 Å². The number of hydrogen-bond donors (Lipinski definition) is 1. The minimum atomic E-state index is -0.674. The van der Waals surface area contributed by atoms with Crippen molar-refractivity contribution < 1.29 is 9.90 Å². The van der Waals surface area contributed by atoms with Gasteiger partial charge in [-0.2, -0.15) is 0 Å². The normalized spacial score (nSPS) is 12.4. The van der Waals surface area contributed by atoms with Gasteiger partial charge in [0.2, 0.25) is 0 Å². The predicted molar refractivity (Wildman–Crippen MR) is 67.9 cm³/mol. The average Bonchev–Trinajstić information content (AvgIpc) is 2.26. The van der Waals surface area contributed by atoms with Gasteiger partial charge >= 0.3 is 5.97 Å². The average molecular weight is 238 g/mol. The van der Waals surface area contributed by atoms with Crippen LogP contribution < -0.4 is 0 Å². The number of aliphatic carboxylic acids is 1. The van der Waals surface area contributed by atoms with Crippen LogP contribution >= 0.6 is 11.8 Å². The molecule has 1 rings (SSSR count). The van der Waals surface area contributed by atoms with Crippen molar-refractivity contribution in [3.63, 3.8) is 0 Å². The minimum absolute atomic E-state index is 0.196.